The van der Waals surface area contributed by atoms with Crippen LogP contribution in [0.1, 0.15) is 0 Å². The molecule has 0 saturated carbocycles. The summed E-state index contributed by atoms with van der Waals surface area (Å²) in [4.78, 5) is 8.00. The first-order valence-electron chi connectivity index (χ1n) is 3.94. The van der Waals surface area contributed by atoms with E-state index in [4.69, 9.17) is 0 Å². The van der Waals surface area contributed by atoms with Gasteiger partial charge in [0.15, 0.2) is 0 Å². The molecule has 0 spiro atoms. The summed E-state index contributed by atoms with van der Waals surface area (Å²) < 4.78 is 3.31. The third-order valence-corrected chi connectivity index (χ3v) is 1.83. The van der Waals surface area contributed by atoms with Crippen LogP contribution in [0, 0.1) is 0 Å². The first-order valence-corrected chi connectivity index (χ1v) is 3.94. The van der Waals surface area contributed by atoms with Crippen LogP contribution in [0.25, 0.3) is 11.5 Å². The topological polar surface area (TPSA) is 73.8 Å². The minimum atomic E-state index is 0.613. The summed E-state index contributed by atoms with van der Waals surface area (Å²) in [5.41, 5.74) is 0.651. The van der Waals surface area contributed by atoms with Crippen LogP contribution in [0.5, 0.6) is 0 Å². The first-order chi connectivity index (χ1) is 6.95. The minimum absolute atomic E-state index is 0.613. The van der Waals surface area contributed by atoms with Crippen LogP contribution < -0.4 is 0 Å². The first kappa shape index (κ1) is 7.13. The molecule has 3 heterocycles. The molecule has 0 radical (unpaired) electrons. The highest BCUT2D eigenvalue weighted by atomic mass is 15.4. The summed E-state index contributed by atoms with van der Waals surface area (Å²) in [7, 11) is 0. The fourth-order valence-corrected chi connectivity index (χ4v) is 1.22. The Morgan fingerprint density at radius 2 is 2.21 bits per heavy atom. The number of nitrogens with zero attached hydrogens (tertiary/aromatic N) is 7. The van der Waals surface area contributed by atoms with Crippen LogP contribution in [0.3, 0.4) is 0 Å². The summed E-state index contributed by atoms with van der Waals surface area (Å²) in [6.07, 6.45) is 8.05. The summed E-state index contributed by atoms with van der Waals surface area (Å²) in [5, 5.41) is 11.7. The number of rotatable bonds is 1. The lowest BCUT2D eigenvalue weighted by Crippen LogP contribution is -2.01. The highest BCUT2D eigenvalue weighted by Crippen LogP contribution is 2.06. The monoisotopic (exact) mass is 187 g/mol. The maximum absolute atomic E-state index is 4.16. The van der Waals surface area contributed by atoms with Gasteiger partial charge in [-0.2, -0.15) is 9.78 Å². The SMILES string of the molecule is c1cn2cnnc2c(-n2cncn2)n1. The van der Waals surface area contributed by atoms with Crippen molar-refractivity contribution in [3.05, 3.63) is 31.4 Å². The molecule has 0 aliphatic heterocycles. The molecule has 3 rings (SSSR count). The van der Waals surface area contributed by atoms with Crippen molar-refractivity contribution in [2.24, 2.45) is 0 Å². The van der Waals surface area contributed by atoms with E-state index < -0.39 is 0 Å². The van der Waals surface area contributed by atoms with Crippen LogP contribution in [0.15, 0.2) is 31.4 Å². The number of hydrogen-bond acceptors (Lipinski definition) is 5. The van der Waals surface area contributed by atoms with E-state index in [1.807, 2.05) is 0 Å². The quantitative estimate of drug-likeness (QED) is 0.523. The third-order valence-electron chi connectivity index (χ3n) is 1.83. The molecule has 3 aromatic rings. The molecule has 14 heavy (non-hydrogen) atoms. The molecule has 3 aromatic heterocycles. The van der Waals surface area contributed by atoms with Gasteiger partial charge in [-0.1, -0.05) is 0 Å². The van der Waals surface area contributed by atoms with Crippen LogP contribution in [-0.2, 0) is 0 Å². The average Bonchev–Trinajstić information content (AvgIpc) is 2.88. The molecular formula is C7H5N7. The van der Waals surface area contributed by atoms with Crippen LogP contribution in [0.4, 0.5) is 0 Å². The van der Waals surface area contributed by atoms with Crippen molar-refractivity contribution in [3.63, 3.8) is 0 Å². The van der Waals surface area contributed by atoms with Crippen LogP contribution >= 0.6 is 0 Å². The highest BCUT2D eigenvalue weighted by molar-refractivity contribution is 5.51. The summed E-state index contributed by atoms with van der Waals surface area (Å²) >= 11 is 0. The molecule has 7 nitrogen and oxygen atoms in total. The maximum atomic E-state index is 4.16. The van der Waals surface area contributed by atoms with E-state index in [1.54, 1.807) is 34.1 Å². The van der Waals surface area contributed by atoms with Crippen molar-refractivity contribution in [1.82, 2.24) is 34.3 Å². The molecule has 0 atom stereocenters. The zero-order valence-corrected chi connectivity index (χ0v) is 7.02. The van der Waals surface area contributed by atoms with Gasteiger partial charge in [-0.15, -0.1) is 10.2 Å². The highest BCUT2D eigenvalue weighted by Gasteiger charge is 2.06. The lowest BCUT2D eigenvalue weighted by Gasteiger charge is -1.99. The van der Waals surface area contributed by atoms with Gasteiger partial charge in [0.2, 0.25) is 11.5 Å². The standard InChI is InChI=1S/C7H5N7/c1-2-13-5-10-12-7(13)6(9-1)14-4-8-3-11-14/h1-5H. The van der Waals surface area contributed by atoms with E-state index in [0.29, 0.717) is 11.5 Å². The van der Waals surface area contributed by atoms with Crippen molar-refractivity contribution in [2.75, 3.05) is 0 Å². The Kier molecular flexibility index (Phi) is 1.32. The van der Waals surface area contributed by atoms with Crippen molar-refractivity contribution in [1.29, 1.82) is 0 Å². The molecule has 68 valence electrons. The summed E-state index contributed by atoms with van der Waals surface area (Å²) in [6, 6.07) is 0. The smallest absolute Gasteiger partial charge is 0.205 e. The number of aromatic nitrogens is 7. The number of hydrogen-bond donors (Lipinski definition) is 0. The Bertz CT molecular complexity index is 552. The van der Waals surface area contributed by atoms with Crippen molar-refractivity contribution in [3.8, 4) is 5.82 Å². The van der Waals surface area contributed by atoms with Gasteiger partial charge in [0.05, 0.1) is 0 Å². The zero-order valence-electron chi connectivity index (χ0n) is 7.02. The Labute approximate surface area is 78.1 Å². The molecular weight excluding hydrogens is 182 g/mol. The second-order valence-corrected chi connectivity index (χ2v) is 2.65. The molecule has 0 saturated heterocycles. The van der Waals surface area contributed by atoms with Gasteiger partial charge in [0, 0.05) is 12.4 Å². The molecule has 0 unspecified atom stereocenters. The molecule has 0 aliphatic rings. The van der Waals surface area contributed by atoms with Gasteiger partial charge in [-0.3, -0.25) is 4.40 Å². The van der Waals surface area contributed by atoms with E-state index >= 15 is 0 Å². The van der Waals surface area contributed by atoms with Gasteiger partial charge >= 0.3 is 0 Å². The van der Waals surface area contributed by atoms with Crippen LogP contribution in [-0.4, -0.2) is 34.3 Å². The summed E-state index contributed by atoms with van der Waals surface area (Å²) in [6.45, 7) is 0. The van der Waals surface area contributed by atoms with E-state index in [2.05, 4.69) is 25.3 Å². The maximum Gasteiger partial charge on any atom is 0.205 e. The Hall–Kier alpha value is -2.31. The van der Waals surface area contributed by atoms with E-state index in [9.17, 15) is 0 Å². The fourth-order valence-electron chi connectivity index (χ4n) is 1.22. The normalized spacial score (nSPS) is 10.9. The molecule has 0 N–H and O–H groups in total. The van der Waals surface area contributed by atoms with Gasteiger partial charge in [-0.05, 0) is 0 Å². The van der Waals surface area contributed by atoms with E-state index in [1.165, 1.54) is 6.33 Å². The van der Waals surface area contributed by atoms with Crippen LogP contribution in [0.2, 0.25) is 0 Å². The van der Waals surface area contributed by atoms with E-state index in [0.717, 1.165) is 0 Å². The van der Waals surface area contributed by atoms with Crippen molar-refractivity contribution >= 4 is 5.65 Å². The summed E-state index contributed by atoms with van der Waals surface area (Å²) in [5.74, 6) is 0.613. The predicted molar refractivity (Wildman–Crippen MR) is 45.7 cm³/mol. The Morgan fingerprint density at radius 1 is 1.21 bits per heavy atom. The Balaban J connectivity index is 2.36. The van der Waals surface area contributed by atoms with Crippen molar-refractivity contribution < 1.29 is 0 Å². The second kappa shape index (κ2) is 2.59. The average molecular weight is 187 g/mol. The predicted octanol–water partition coefficient (Wildman–Crippen LogP) is -0.295. The zero-order chi connectivity index (χ0) is 9.38. The van der Waals surface area contributed by atoms with Gasteiger partial charge < -0.3 is 0 Å². The molecule has 0 aliphatic carbocycles. The van der Waals surface area contributed by atoms with Gasteiger partial charge in [-0.25, -0.2) is 9.97 Å². The fraction of sp³-hybridized carbons (Fsp3) is 0. The largest absolute Gasteiger partial charge is 0.284 e. The van der Waals surface area contributed by atoms with Gasteiger partial charge in [0.1, 0.15) is 19.0 Å². The molecule has 0 aromatic carbocycles. The van der Waals surface area contributed by atoms with Gasteiger partial charge in [0.25, 0.3) is 0 Å². The van der Waals surface area contributed by atoms with Crippen molar-refractivity contribution in [2.45, 2.75) is 0 Å². The molecule has 0 bridgehead atoms. The second-order valence-electron chi connectivity index (χ2n) is 2.65. The molecule has 7 heteroatoms. The number of fused-ring (bicyclic) bond motifs is 1. The Morgan fingerprint density at radius 3 is 3.07 bits per heavy atom. The minimum Gasteiger partial charge on any atom is -0.284 e. The lowest BCUT2D eigenvalue weighted by molar-refractivity contribution is 0.839. The molecule has 0 fully saturated rings. The molecule has 0 amide bonds. The third kappa shape index (κ3) is 0.889. The lowest BCUT2D eigenvalue weighted by atomic mass is 10.6. The van der Waals surface area contributed by atoms with E-state index in [-0.39, 0.29) is 0 Å².